The van der Waals surface area contributed by atoms with E-state index in [4.69, 9.17) is 0 Å². The molecule has 0 aliphatic rings. The van der Waals surface area contributed by atoms with Gasteiger partial charge in [0.05, 0.1) is 5.51 Å². The lowest BCUT2D eigenvalue weighted by atomic mass is 10.2. The fourth-order valence-corrected chi connectivity index (χ4v) is 2.05. The minimum absolute atomic E-state index is 0.166. The van der Waals surface area contributed by atoms with Crippen molar-refractivity contribution in [2.24, 2.45) is 0 Å². The lowest BCUT2D eigenvalue weighted by molar-refractivity contribution is 0.0984. The molecular formula is C12H11FN2OS. The van der Waals surface area contributed by atoms with Gasteiger partial charge in [-0.05, 0) is 31.2 Å². The zero-order valence-electron chi connectivity index (χ0n) is 9.26. The summed E-state index contributed by atoms with van der Waals surface area (Å²) < 4.78 is 12.8. The van der Waals surface area contributed by atoms with Crippen molar-refractivity contribution >= 4 is 22.9 Å². The third kappa shape index (κ3) is 2.50. The van der Waals surface area contributed by atoms with Gasteiger partial charge in [-0.15, -0.1) is 11.3 Å². The molecule has 0 aliphatic heterocycles. The Hall–Kier alpha value is -1.75. The van der Waals surface area contributed by atoms with E-state index in [0.717, 1.165) is 0 Å². The molecule has 0 N–H and O–H groups in total. The van der Waals surface area contributed by atoms with Crippen molar-refractivity contribution in [3.63, 3.8) is 0 Å². The molecule has 0 unspecified atom stereocenters. The van der Waals surface area contributed by atoms with Crippen molar-refractivity contribution in [3.8, 4) is 0 Å². The Labute approximate surface area is 103 Å². The van der Waals surface area contributed by atoms with Crippen LogP contribution in [0.15, 0.2) is 35.2 Å². The number of anilines is 1. The normalized spacial score (nSPS) is 10.2. The van der Waals surface area contributed by atoms with Crippen LogP contribution < -0.4 is 4.90 Å². The molecule has 0 saturated heterocycles. The first-order valence-corrected chi connectivity index (χ1v) is 6.12. The SMILES string of the molecule is CCN(C(=O)c1cscn1)c1ccc(F)cc1. The van der Waals surface area contributed by atoms with Gasteiger partial charge in [0, 0.05) is 17.6 Å². The molecule has 1 heterocycles. The number of carbonyl (C=O) groups is 1. The van der Waals surface area contributed by atoms with E-state index in [1.54, 1.807) is 27.9 Å². The highest BCUT2D eigenvalue weighted by molar-refractivity contribution is 7.07. The number of benzene rings is 1. The number of hydrogen-bond donors (Lipinski definition) is 0. The van der Waals surface area contributed by atoms with E-state index in [-0.39, 0.29) is 11.7 Å². The standard InChI is InChI=1S/C12H11FN2OS/c1-2-15(10-5-3-9(13)4-6-10)12(16)11-7-17-8-14-11/h3-8H,2H2,1H3. The third-order valence-corrected chi connectivity index (χ3v) is 2.94. The maximum atomic E-state index is 12.8. The Kier molecular flexibility index (Phi) is 3.49. The maximum absolute atomic E-state index is 12.8. The second-order valence-electron chi connectivity index (χ2n) is 3.40. The molecule has 1 amide bonds. The molecule has 3 nitrogen and oxygen atoms in total. The van der Waals surface area contributed by atoms with Crippen molar-refractivity contribution < 1.29 is 9.18 Å². The molecule has 2 aromatic rings. The summed E-state index contributed by atoms with van der Waals surface area (Å²) in [5.41, 5.74) is 2.71. The molecule has 17 heavy (non-hydrogen) atoms. The number of rotatable bonds is 3. The largest absolute Gasteiger partial charge is 0.307 e. The number of hydrogen-bond acceptors (Lipinski definition) is 3. The van der Waals surface area contributed by atoms with Gasteiger partial charge < -0.3 is 4.90 Å². The first kappa shape index (κ1) is 11.7. The van der Waals surface area contributed by atoms with Gasteiger partial charge in [0.25, 0.3) is 5.91 Å². The highest BCUT2D eigenvalue weighted by atomic mass is 32.1. The monoisotopic (exact) mass is 250 g/mol. The molecule has 0 atom stereocenters. The van der Waals surface area contributed by atoms with Crippen LogP contribution in [-0.4, -0.2) is 17.4 Å². The van der Waals surface area contributed by atoms with Crippen molar-refractivity contribution in [2.75, 3.05) is 11.4 Å². The summed E-state index contributed by atoms with van der Waals surface area (Å²) >= 11 is 1.37. The first-order chi connectivity index (χ1) is 8.22. The summed E-state index contributed by atoms with van der Waals surface area (Å²) in [6, 6.07) is 5.85. The molecule has 0 fully saturated rings. The number of halogens is 1. The average molecular weight is 250 g/mol. The van der Waals surface area contributed by atoms with Crippen molar-refractivity contribution in [1.82, 2.24) is 4.98 Å². The van der Waals surface area contributed by atoms with Crippen LogP contribution in [0.5, 0.6) is 0 Å². The molecule has 1 aromatic carbocycles. The molecule has 0 bridgehead atoms. The highest BCUT2D eigenvalue weighted by Crippen LogP contribution is 2.17. The molecular weight excluding hydrogens is 239 g/mol. The third-order valence-electron chi connectivity index (χ3n) is 2.35. The average Bonchev–Trinajstić information content (AvgIpc) is 2.86. The molecule has 0 saturated carbocycles. The van der Waals surface area contributed by atoms with Crippen LogP contribution in [0.25, 0.3) is 0 Å². The van der Waals surface area contributed by atoms with Gasteiger partial charge in [-0.3, -0.25) is 4.79 Å². The van der Waals surface area contributed by atoms with E-state index in [9.17, 15) is 9.18 Å². The minimum Gasteiger partial charge on any atom is -0.307 e. The number of aromatic nitrogens is 1. The summed E-state index contributed by atoms with van der Waals surface area (Å²) in [5, 5.41) is 1.70. The second kappa shape index (κ2) is 5.05. The van der Waals surface area contributed by atoms with Crippen LogP contribution >= 0.6 is 11.3 Å². The topological polar surface area (TPSA) is 33.2 Å². The fraction of sp³-hybridized carbons (Fsp3) is 0.167. The second-order valence-corrected chi connectivity index (χ2v) is 4.12. The summed E-state index contributed by atoms with van der Waals surface area (Å²) in [5.74, 6) is -0.480. The van der Waals surface area contributed by atoms with Gasteiger partial charge in [0.15, 0.2) is 0 Å². The van der Waals surface area contributed by atoms with Gasteiger partial charge in [0.2, 0.25) is 0 Å². The molecule has 2 rings (SSSR count). The van der Waals surface area contributed by atoms with Crippen molar-refractivity contribution in [1.29, 1.82) is 0 Å². The number of amides is 1. The van der Waals surface area contributed by atoms with Gasteiger partial charge in [-0.1, -0.05) is 0 Å². The van der Waals surface area contributed by atoms with E-state index >= 15 is 0 Å². The van der Waals surface area contributed by atoms with Gasteiger partial charge in [-0.2, -0.15) is 0 Å². The smallest absolute Gasteiger partial charge is 0.277 e. The zero-order valence-corrected chi connectivity index (χ0v) is 10.1. The summed E-state index contributed by atoms with van der Waals surface area (Å²) in [4.78, 5) is 17.6. The quantitative estimate of drug-likeness (QED) is 0.839. The predicted molar refractivity (Wildman–Crippen MR) is 65.9 cm³/mol. The van der Waals surface area contributed by atoms with Crippen molar-refractivity contribution in [3.05, 3.63) is 46.7 Å². The number of thiazole rings is 1. The van der Waals surface area contributed by atoms with Crippen LogP contribution in [0.2, 0.25) is 0 Å². The molecule has 1 aromatic heterocycles. The molecule has 5 heteroatoms. The Morgan fingerprint density at radius 1 is 1.41 bits per heavy atom. The van der Waals surface area contributed by atoms with E-state index in [1.165, 1.54) is 23.5 Å². The van der Waals surface area contributed by atoms with Crippen LogP contribution in [0.3, 0.4) is 0 Å². The van der Waals surface area contributed by atoms with E-state index < -0.39 is 0 Å². The van der Waals surface area contributed by atoms with Crippen LogP contribution in [0.1, 0.15) is 17.4 Å². The van der Waals surface area contributed by atoms with E-state index in [0.29, 0.717) is 17.9 Å². The van der Waals surface area contributed by atoms with Gasteiger partial charge >= 0.3 is 0 Å². The Morgan fingerprint density at radius 3 is 2.65 bits per heavy atom. The van der Waals surface area contributed by atoms with Crippen LogP contribution in [0.4, 0.5) is 10.1 Å². The molecule has 0 spiro atoms. The lowest BCUT2D eigenvalue weighted by Crippen LogP contribution is -2.30. The Bertz CT molecular complexity index is 496. The van der Waals surface area contributed by atoms with E-state index in [1.807, 2.05) is 6.92 Å². The Balaban J connectivity index is 2.28. The van der Waals surface area contributed by atoms with Gasteiger partial charge in [-0.25, -0.2) is 9.37 Å². The number of carbonyl (C=O) groups excluding carboxylic acids is 1. The maximum Gasteiger partial charge on any atom is 0.277 e. The van der Waals surface area contributed by atoms with E-state index in [2.05, 4.69) is 4.98 Å². The Morgan fingerprint density at radius 2 is 2.12 bits per heavy atom. The molecule has 0 radical (unpaired) electrons. The minimum atomic E-state index is -0.314. The van der Waals surface area contributed by atoms with Crippen LogP contribution in [-0.2, 0) is 0 Å². The number of nitrogens with zero attached hydrogens (tertiary/aromatic N) is 2. The summed E-state index contributed by atoms with van der Waals surface area (Å²) in [6.45, 7) is 2.38. The predicted octanol–water partition coefficient (Wildman–Crippen LogP) is 2.95. The molecule has 88 valence electrons. The summed E-state index contributed by atoms with van der Waals surface area (Å²) in [7, 11) is 0. The van der Waals surface area contributed by atoms with Gasteiger partial charge in [0.1, 0.15) is 11.5 Å². The van der Waals surface area contributed by atoms with Crippen molar-refractivity contribution in [2.45, 2.75) is 6.92 Å². The lowest BCUT2D eigenvalue weighted by Gasteiger charge is -2.19. The first-order valence-electron chi connectivity index (χ1n) is 5.18. The molecule has 0 aliphatic carbocycles. The van der Waals surface area contributed by atoms with Crippen LogP contribution in [0, 0.1) is 5.82 Å². The highest BCUT2D eigenvalue weighted by Gasteiger charge is 2.17. The summed E-state index contributed by atoms with van der Waals surface area (Å²) in [6.07, 6.45) is 0. The zero-order chi connectivity index (χ0) is 12.3. The fourth-order valence-electron chi connectivity index (χ4n) is 1.52.